The number of carboxylic acids is 1. The van der Waals surface area contributed by atoms with Crippen molar-refractivity contribution in [2.24, 2.45) is 5.92 Å². The van der Waals surface area contributed by atoms with Crippen molar-refractivity contribution in [3.8, 4) is 0 Å². The Balaban J connectivity index is 1.87. The third kappa shape index (κ3) is 6.32. The number of aliphatic hydroxyl groups excluding tert-OH is 1. The summed E-state index contributed by atoms with van der Waals surface area (Å²) in [6.45, 7) is 4.99. The Bertz CT molecular complexity index is 1000. The first-order chi connectivity index (χ1) is 15.5. The number of nitrogens with one attached hydrogen (secondary N) is 2. The van der Waals surface area contributed by atoms with Crippen molar-refractivity contribution in [1.29, 1.82) is 0 Å². The molecule has 0 saturated heterocycles. The molecule has 8 nitrogen and oxygen atoms in total. The lowest BCUT2D eigenvalue weighted by molar-refractivity contribution is -0.144. The summed E-state index contributed by atoms with van der Waals surface area (Å²) in [6, 6.07) is 14.2. The third-order valence-electron chi connectivity index (χ3n) is 5.48. The summed E-state index contributed by atoms with van der Waals surface area (Å²) in [5.74, 6) is -3.08. The minimum Gasteiger partial charge on any atom is -0.480 e. The molecule has 1 aliphatic carbocycles. The number of aliphatic carboxylic acids is 1. The second-order valence-corrected chi connectivity index (χ2v) is 9.21. The lowest BCUT2D eigenvalue weighted by Gasteiger charge is -2.28. The predicted molar refractivity (Wildman–Crippen MR) is 121 cm³/mol. The highest BCUT2D eigenvalue weighted by atomic mass is 16.6. The second kappa shape index (κ2) is 10.0. The number of rotatable bonds is 7. The van der Waals surface area contributed by atoms with Crippen LogP contribution in [0.4, 0.5) is 4.79 Å². The van der Waals surface area contributed by atoms with Crippen LogP contribution in [0.25, 0.3) is 0 Å². The quantitative estimate of drug-likeness (QED) is 0.510. The van der Waals surface area contributed by atoms with E-state index in [1.807, 2.05) is 30.3 Å². The maximum atomic E-state index is 13.4. The molecule has 0 radical (unpaired) electrons. The van der Waals surface area contributed by atoms with E-state index in [9.17, 15) is 24.6 Å². The summed E-state index contributed by atoms with van der Waals surface area (Å²) in [4.78, 5) is 37.9. The predicted octanol–water partition coefficient (Wildman–Crippen LogP) is 2.60. The van der Waals surface area contributed by atoms with E-state index in [1.165, 1.54) is 0 Å². The fourth-order valence-electron chi connectivity index (χ4n) is 4.01. The lowest BCUT2D eigenvalue weighted by atomic mass is 9.90. The molecule has 2 amide bonds. The van der Waals surface area contributed by atoms with Crippen LogP contribution in [0.2, 0.25) is 0 Å². The van der Waals surface area contributed by atoms with Gasteiger partial charge in [-0.15, -0.1) is 0 Å². The smallest absolute Gasteiger partial charge is 0.408 e. The third-order valence-corrected chi connectivity index (χ3v) is 5.48. The number of amides is 2. The molecule has 0 spiro atoms. The van der Waals surface area contributed by atoms with Crippen molar-refractivity contribution in [3.63, 3.8) is 0 Å². The van der Waals surface area contributed by atoms with Gasteiger partial charge >= 0.3 is 12.1 Å². The van der Waals surface area contributed by atoms with Crippen LogP contribution in [0.1, 0.15) is 43.5 Å². The van der Waals surface area contributed by atoms with E-state index in [-0.39, 0.29) is 6.42 Å². The van der Waals surface area contributed by atoms with Gasteiger partial charge in [0.05, 0.1) is 18.1 Å². The van der Waals surface area contributed by atoms with Crippen molar-refractivity contribution in [2.75, 3.05) is 0 Å². The molecule has 176 valence electrons. The van der Waals surface area contributed by atoms with Crippen molar-refractivity contribution >= 4 is 18.0 Å². The minimum absolute atomic E-state index is 0.0733. The van der Waals surface area contributed by atoms with Crippen LogP contribution in [0, 0.1) is 5.92 Å². The van der Waals surface area contributed by atoms with Gasteiger partial charge in [-0.2, -0.15) is 0 Å². The van der Waals surface area contributed by atoms with Crippen LogP contribution >= 0.6 is 0 Å². The van der Waals surface area contributed by atoms with Gasteiger partial charge in [-0.1, -0.05) is 54.6 Å². The number of aliphatic hydroxyl groups is 1. The van der Waals surface area contributed by atoms with E-state index in [1.54, 1.807) is 45.0 Å². The summed E-state index contributed by atoms with van der Waals surface area (Å²) in [6.07, 6.45) is -1.29. The molecule has 33 heavy (non-hydrogen) atoms. The molecule has 4 N–H and O–H groups in total. The van der Waals surface area contributed by atoms with E-state index in [4.69, 9.17) is 4.74 Å². The first-order valence-corrected chi connectivity index (χ1v) is 10.9. The Labute approximate surface area is 193 Å². The number of carboxylic acid groups (broad SMARTS) is 1. The zero-order chi connectivity index (χ0) is 24.2. The Morgan fingerprint density at radius 2 is 1.70 bits per heavy atom. The SMILES string of the molecule is CC(C)(C)OC(=O)NC(C(=O)O)C(Cc1ccccc1)C(=O)NC1c2ccccc2CC1O. The molecule has 2 aromatic carbocycles. The first-order valence-electron chi connectivity index (χ1n) is 10.9. The van der Waals surface area contributed by atoms with Crippen molar-refractivity contribution in [3.05, 3.63) is 71.3 Å². The van der Waals surface area contributed by atoms with E-state index in [2.05, 4.69) is 10.6 Å². The maximum Gasteiger partial charge on any atom is 0.408 e. The fourth-order valence-corrected chi connectivity index (χ4v) is 4.01. The van der Waals surface area contributed by atoms with E-state index >= 15 is 0 Å². The van der Waals surface area contributed by atoms with Gasteiger partial charge in [0, 0.05) is 6.42 Å². The van der Waals surface area contributed by atoms with Gasteiger partial charge in [-0.3, -0.25) is 4.79 Å². The maximum absolute atomic E-state index is 13.4. The van der Waals surface area contributed by atoms with Gasteiger partial charge in [0.15, 0.2) is 0 Å². The zero-order valence-electron chi connectivity index (χ0n) is 18.9. The van der Waals surface area contributed by atoms with Gasteiger partial charge in [0.1, 0.15) is 11.6 Å². The molecule has 0 aromatic heterocycles. The van der Waals surface area contributed by atoms with Gasteiger partial charge in [-0.25, -0.2) is 9.59 Å². The van der Waals surface area contributed by atoms with Crippen LogP contribution < -0.4 is 10.6 Å². The average Bonchev–Trinajstić information content (AvgIpc) is 3.05. The summed E-state index contributed by atoms with van der Waals surface area (Å²) in [5.41, 5.74) is 1.63. The molecule has 0 aliphatic heterocycles. The highest BCUT2D eigenvalue weighted by Gasteiger charge is 2.39. The molecule has 4 unspecified atom stereocenters. The number of hydrogen-bond acceptors (Lipinski definition) is 5. The van der Waals surface area contributed by atoms with Gasteiger partial charge in [0.2, 0.25) is 5.91 Å². The summed E-state index contributed by atoms with van der Waals surface area (Å²) in [5, 5.41) is 25.6. The first kappa shape index (κ1) is 24.3. The molecule has 0 bridgehead atoms. The number of ether oxygens (including phenoxy) is 1. The van der Waals surface area contributed by atoms with Crippen LogP contribution in [-0.4, -0.2) is 45.9 Å². The molecule has 2 aromatic rings. The number of hydrogen-bond donors (Lipinski definition) is 4. The van der Waals surface area contributed by atoms with Crippen molar-refractivity contribution in [1.82, 2.24) is 10.6 Å². The van der Waals surface area contributed by atoms with Crippen LogP contribution in [0.3, 0.4) is 0 Å². The lowest BCUT2D eigenvalue weighted by Crippen LogP contribution is -2.53. The summed E-state index contributed by atoms with van der Waals surface area (Å²) >= 11 is 0. The highest BCUT2D eigenvalue weighted by Crippen LogP contribution is 2.31. The highest BCUT2D eigenvalue weighted by molar-refractivity contribution is 5.89. The molecule has 8 heteroatoms. The Hall–Kier alpha value is -3.39. The average molecular weight is 455 g/mol. The number of alkyl carbamates (subject to hydrolysis) is 1. The molecular weight excluding hydrogens is 424 g/mol. The number of benzene rings is 2. The Morgan fingerprint density at radius 3 is 2.33 bits per heavy atom. The topological polar surface area (TPSA) is 125 Å². The van der Waals surface area contributed by atoms with Crippen LogP contribution in [0.15, 0.2) is 54.6 Å². The van der Waals surface area contributed by atoms with Gasteiger partial charge < -0.3 is 25.6 Å². The zero-order valence-corrected chi connectivity index (χ0v) is 18.9. The number of carbonyl (C=O) groups is 3. The minimum atomic E-state index is -1.53. The van der Waals surface area contributed by atoms with Gasteiger partial charge in [-0.05, 0) is 43.9 Å². The Kier molecular flexibility index (Phi) is 7.38. The molecule has 0 saturated carbocycles. The van der Waals surface area contributed by atoms with Crippen molar-refractivity contribution < 1.29 is 29.3 Å². The summed E-state index contributed by atoms with van der Waals surface area (Å²) < 4.78 is 5.21. The molecular formula is C25H30N2O6. The molecule has 4 atom stereocenters. The molecule has 3 rings (SSSR count). The van der Waals surface area contributed by atoms with Crippen LogP contribution in [0.5, 0.6) is 0 Å². The molecule has 1 aliphatic rings. The second-order valence-electron chi connectivity index (χ2n) is 9.21. The summed E-state index contributed by atoms with van der Waals surface area (Å²) in [7, 11) is 0. The van der Waals surface area contributed by atoms with Crippen molar-refractivity contribution in [2.45, 2.75) is 57.4 Å². The number of fused-ring (bicyclic) bond motifs is 1. The van der Waals surface area contributed by atoms with Gasteiger partial charge in [0.25, 0.3) is 0 Å². The Morgan fingerprint density at radius 1 is 1.06 bits per heavy atom. The van der Waals surface area contributed by atoms with Crippen LogP contribution in [-0.2, 0) is 27.2 Å². The van der Waals surface area contributed by atoms with E-state index in [0.717, 1.165) is 16.7 Å². The molecule has 0 heterocycles. The monoisotopic (exact) mass is 454 g/mol. The standard InChI is InChI=1S/C25H30N2O6/c1-25(2,3)33-24(32)27-21(23(30)31)18(13-15-9-5-4-6-10-15)22(29)26-20-17-12-8-7-11-16(17)14-19(20)28/h4-12,18-21,28H,13-14H2,1-3H3,(H,26,29)(H,27,32)(H,30,31). The normalized spacial score (nSPS) is 19.2. The van der Waals surface area contributed by atoms with E-state index in [0.29, 0.717) is 6.42 Å². The van der Waals surface area contributed by atoms with E-state index < -0.39 is 47.7 Å². The number of carbonyl (C=O) groups excluding carboxylic acids is 2. The fraction of sp³-hybridized carbons (Fsp3) is 0.400. The largest absolute Gasteiger partial charge is 0.480 e. The molecule has 0 fully saturated rings.